The third kappa shape index (κ3) is 22.1. The van der Waals surface area contributed by atoms with Gasteiger partial charge < -0.3 is 9.90 Å². The molecule has 0 aromatic carbocycles. The van der Waals surface area contributed by atoms with Crippen LogP contribution in [0.4, 0.5) is 0 Å². The van der Waals surface area contributed by atoms with E-state index in [2.05, 4.69) is 31.2 Å². The monoisotopic (exact) mass is 386 g/mol. The van der Waals surface area contributed by atoms with E-state index in [4.69, 9.17) is 0 Å². The van der Waals surface area contributed by atoms with Gasteiger partial charge >= 0.3 is 22.4 Å². The molecule has 0 saturated heterocycles. The van der Waals surface area contributed by atoms with Gasteiger partial charge in [0.05, 0.1) is 0 Å². The van der Waals surface area contributed by atoms with Crippen molar-refractivity contribution in [1.82, 2.24) is 0 Å². The van der Waals surface area contributed by atoms with E-state index in [-0.39, 0.29) is 28.8 Å². The number of carboxylic acid groups (broad SMARTS) is 1. The van der Waals surface area contributed by atoms with Gasteiger partial charge in [-0.05, 0) is 44.9 Å². The van der Waals surface area contributed by atoms with Crippen molar-refractivity contribution in [2.75, 3.05) is 0 Å². The topological polar surface area (TPSA) is 40.1 Å². The third-order valence-corrected chi connectivity index (χ3v) is 3.33. The summed E-state index contributed by atoms with van der Waals surface area (Å²) >= 11 is 0. The molecule has 0 aliphatic carbocycles. The van der Waals surface area contributed by atoms with E-state index >= 15 is 0 Å². The van der Waals surface area contributed by atoms with Crippen LogP contribution < -0.4 is 5.11 Å². The van der Waals surface area contributed by atoms with Gasteiger partial charge in [-0.2, -0.15) is 0 Å². The summed E-state index contributed by atoms with van der Waals surface area (Å²) in [6.45, 7) is 2.23. The van der Waals surface area contributed by atoms with Crippen LogP contribution in [0, 0.1) is 0 Å². The fourth-order valence-corrected chi connectivity index (χ4v) is 2.08. The van der Waals surface area contributed by atoms with Gasteiger partial charge in [-0.1, -0.05) is 63.3 Å². The van der Waals surface area contributed by atoms with Crippen molar-refractivity contribution in [1.29, 1.82) is 0 Å². The first-order valence-electron chi connectivity index (χ1n) is 8.27. The Hall–Kier alpha value is -0.310. The average Bonchev–Trinajstić information content (AvgIpc) is 2.43. The van der Waals surface area contributed by atoms with Gasteiger partial charge in [0, 0.05) is 5.97 Å². The Bertz CT molecular complexity index is 272. The van der Waals surface area contributed by atoms with Crippen LogP contribution in [-0.2, 0) is 27.2 Å². The van der Waals surface area contributed by atoms with Crippen molar-refractivity contribution in [2.45, 2.75) is 84.0 Å². The van der Waals surface area contributed by atoms with Crippen molar-refractivity contribution in [3.8, 4) is 0 Å². The molecule has 2 nitrogen and oxygen atoms in total. The molecule has 0 unspecified atom stereocenters. The molecule has 0 aliphatic rings. The van der Waals surface area contributed by atoms with Crippen molar-refractivity contribution < 1.29 is 32.3 Å². The van der Waals surface area contributed by atoms with Crippen LogP contribution in [-0.4, -0.2) is 5.97 Å². The summed E-state index contributed by atoms with van der Waals surface area (Å²) in [6.07, 6.45) is 21.9. The molecule has 0 rings (SSSR count). The largest absolute Gasteiger partial charge is 1.00 e. The molecule has 126 valence electrons. The molecule has 0 amide bonds. The Morgan fingerprint density at radius 1 is 0.810 bits per heavy atom. The zero-order valence-corrected chi connectivity index (χ0v) is 14.9. The van der Waals surface area contributed by atoms with Gasteiger partial charge in [-0.25, -0.2) is 0 Å². The molecule has 0 spiro atoms. The molecule has 0 fully saturated rings. The SMILES string of the molecule is CCCCC/C=C\C/C=C\CCCCCCCC(=O)[O-].[Ag+]. The molecule has 0 radical (unpaired) electrons. The van der Waals surface area contributed by atoms with Gasteiger partial charge in [0.25, 0.3) is 0 Å². The first-order chi connectivity index (χ1) is 9.77. The Labute approximate surface area is 146 Å². The van der Waals surface area contributed by atoms with Crippen LogP contribution in [0.3, 0.4) is 0 Å². The van der Waals surface area contributed by atoms with Crippen LogP contribution in [0.25, 0.3) is 0 Å². The first-order valence-corrected chi connectivity index (χ1v) is 8.27. The molecule has 0 atom stereocenters. The van der Waals surface area contributed by atoms with Crippen molar-refractivity contribution in [3.05, 3.63) is 24.3 Å². The van der Waals surface area contributed by atoms with E-state index in [9.17, 15) is 9.90 Å². The molecule has 0 bridgehead atoms. The third-order valence-electron chi connectivity index (χ3n) is 3.33. The summed E-state index contributed by atoms with van der Waals surface area (Å²) in [5.41, 5.74) is 0. The molecule has 0 heterocycles. The fourth-order valence-electron chi connectivity index (χ4n) is 2.08. The molecular weight excluding hydrogens is 356 g/mol. The normalized spacial score (nSPS) is 11.1. The minimum Gasteiger partial charge on any atom is -0.550 e. The van der Waals surface area contributed by atoms with Crippen LogP contribution in [0.1, 0.15) is 84.0 Å². The van der Waals surface area contributed by atoms with E-state index in [1.54, 1.807) is 0 Å². The molecule has 3 heteroatoms. The van der Waals surface area contributed by atoms with Gasteiger partial charge in [0.15, 0.2) is 0 Å². The Morgan fingerprint density at radius 3 is 1.90 bits per heavy atom. The number of carboxylic acids is 1. The summed E-state index contributed by atoms with van der Waals surface area (Å²) < 4.78 is 0. The Balaban J connectivity index is 0. The number of unbranched alkanes of at least 4 members (excludes halogenated alkanes) is 8. The standard InChI is InChI=1S/C18H32O2.Ag/c1-2-3-4-5-6-7-8-9-10-11-12-13-14-15-16-17-18(19)20;/h6-7,9-10H,2-5,8,11-17H2,1H3,(H,19,20);/q;+1/p-1/b7-6-,10-9-;. The number of allylic oxidation sites excluding steroid dienone is 4. The van der Waals surface area contributed by atoms with Crippen molar-refractivity contribution in [2.24, 2.45) is 0 Å². The summed E-state index contributed by atoms with van der Waals surface area (Å²) in [4.78, 5) is 10.2. The molecule has 0 saturated carbocycles. The molecular formula is C18H31AgO2. The van der Waals surface area contributed by atoms with Gasteiger partial charge in [-0.3, -0.25) is 0 Å². The minimum absolute atomic E-state index is 0. The van der Waals surface area contributed by atoms with Crippen LogP contribution in [0.2, 0.25) is 0 Å². The van der Waals surface area contributed by atoms with E-state index < -0.39 is 5.97 Å². The molecule has 0 aliphatic heterocycles. The Morgan fingerprint density at radius 2 is 1.33 bits per heavy atom. The number of rotatable bonds is 14. The summed E-state index contributed by atoms with van der Waals surface area (Å²) in [7, 11) is 0. The second kappa shape index (κ2) is 19.7. The molecule has 0 aromatic rings. The van der Waals surface area contributed by atoms with E-state index in [1.165, 1.54) is 38.5 Å². The summed E-state index contributed by atoms with van der Waals surface area (Å²) in [5, 5.41) is 10.2. The number of carbonyl (C=O) groups excluding carboxylic acids is 1. The maximum atomic E-state index is 10.2. The smallest absolute Gasteiger partial charge is 0.550 e. The predicted molar refractivity (Wildman–Crippen MR) is 84.4 cm³/mol. The number of hydrogen-bond donors (Lipinski definition) is 0. The Kier molecular flexibility index (Phi) is 21.5. The molecule has 21 heavy (non-hydrogen) atoms. The van der Waals surface area contributed by atoms with Crippen molar-refractivity contribution >= 4 is 5.97 Å². The summed E-state index contributed by atoms with van der Waals surface area (Å²) in [5.74, 6) is -0.921. The zero-order valence-electron chi connectivity index (χ0n) is 13.4. The average molecular weight is 387 g/mol. The van der Waals surface area contributed by atoms with E-state index in [0.717, 1.165) is 32.1 Å². The maximum Gasteiger partial charge on any atom is 1.00 e. The maximum absolute atomic E-state index is 10.2. The molecule has 0 N–H and O–H groups in total. The first kappa shape index (κ1) is 23.0. The number of hydrogen-bond acceptors (Lipinski definition) is 2. The van der Waals surface area contributed by atoms with Crippen molar-refractivity contribution in [3.63, 3.8) is 0 Å². The quantitative estimate of drug-likeness (QED) is 0.249. The number of aliphatic carboxylic acids is 1. The van der Waals surface area contributed by atoms with Crippen LogP contribution >= 0.6 is 0 Å². The molecule has 0 aromatic heterocycles. The number of carbonyl (C=O) groups is 1. The van der Waals surface area contributed by atoms with Crippen LogP contribution in [0.15, 0.2) is 24.3 Å². The predicted octanol–water partition coefficient (Wildman–Crippen LogP) is 4.55. The second-order valence-corrected chi connectivity index (χ2v) is 5.35. The van der Waals surface area contributed by atoms with Gasteiger partial charge in [0.2, 0.25) is 0 Å². The van der Waals surface area contributed by atoms with Crippen LogP contribution in [0.5, 0.6) is 0 Å². The zero-order chi connectivity index (χ0) is 14.9. The fraction of sp³-hybridized carbons (Fsp3) is 0.722. The minimum atomic E-state index is -0.921. The summed E-state index contributed by atoms with van der Waals surface area (Å²) in [6, 6.07) is 0. The van der Waals surface area contributed by atoms with Gasteiger partial charge in [0.1, 0.15) is 0 Å². The second-order valence-electron chi connectivity index (χ2n) is 5.35. The van der Waals surface area contributed by atoms with Gasteiger partial charge in [-0.15, -0.1) is 0 Å². The van der Waals surface area contributed by atoms with E-state index in [1.807, 2.05) is 0 Å². The van der Waals surface area contributed by atoms with E-state index in [0.29, 0.717) is 0 Å².